The topological polar surface area (TPSA) is 75.4 Å². The van der Waals surface area contributed by atoms with E-state index in [1.54, 1.807) is 23.4 Å². The molecule has 0 bridgehead atoms. The van der Waals surface area contributed by atoms with E-state index in [1.165, 1.54) is 0 Å². The molecule has 4 rings (SSSR count). The number of nitrogens with zero attached hydrogens (tertiary/aromatic N) is 2. The van der Waals surface area contributed by atoms with Crippen molar-refractivity contribution in [3.8, 4) is 0 Å². The Morgan fingerprint density at radius 2 is 2.16 bits per heavy atom. The van der Waals surface area contributed by atoms with Gasteiger partial charge in [-0.15, -0.1) is 0 Å². The van der Waals surface area contributed by atoms with Crippen LogP contribution in [0.3, 0.4) is 0 Å². The maximum absolute atomic E-state index is 12.6. The van der Waals surface area contributed by atoms with E-state index in [9.17, 15) is 9.59 Å². The minimum atomic E-state index is -0.366. The van der Waals surface area contributed by atoms with Gasteiger partial charge in [0, 0.05) is 24.5 Å². The van der Waals surface area contributed by atoms with Crippen LogP contribution in [0.1, 0.15) is 12.2 Å². The van der Waals surface area contributed by atoms with Crippen molar-refractivity contribution in [1.82, 2.24) is 9.88 Å². The summed E-state index contributed by atoms with van der Waals surface area (Å²) in [6.45, 7) is 0.794. The van der Waals surface area contributed by atoms with Gasteiger partial charge in [-0.1, -0.05) is 6.07 Å². The number of amides is 2. The Balaban J connectivity index is 1.47. The number of aromatic nitrogens is 1. The van der Waals surface area contributed by atoms with E-state index in [0.29, 0.717) is 18.8 Å². The van der Waals surface area contributed by atoms with Crippen LogP contribution in [0.5, 0.6) is 0 Å². The minimum Gasteiger partial charge on any atom is -0.467 e. The molecule has 2 amide bonds. The Morgan fingerprint density at radius 3 is 3.00 bits per heavy atom. The number of likely N-dealkylation sites (tertiary alicyclic amines) is 1. The summed E-state index contributed by atoms with van der Waals surface area (Å²) < 4.78 is 5.28. The fourth-order valence-corrected chi connectivity index (χ4v) is 3.14. The molecule has 3 heterocycles. The molecular formula is C19H17N3O3. The Morgan fingerprint density at radius 1 is 1.24 bits per heavy atom. The lowest BCUT2D eigenvalue weighted by Crippen LogP contribution is -2.27. The zero-order valence-corrected chi connectivity index (χ0v) is 13.5. The SMILES string of the molecule is O=C(Nc1cccc2ncccc12)C1CC(=O)N(Cc2ccco2)C1. The van der Waals surface area contributed by atoms with Crippen LogP contribution in [0.25, 0.3) is 10.9 Å². The molecular weight excluding hydrogens is 318 g/mol. The Bertz CT molecular complexity index is 915. The van der Waals surface area contributed by atoms with E-state index in [0.717, 1.165) is 16.7 Å². The highest BCUT2D eigenvalue weighted by Crippen LogP contribution is 2.25. The number of anilines is 1. The number of furan rings is 1. The van der Waals surface area contributed by atoms with Crippen molar-refractivity contribution in [2.75, 3.05) is 11.9 Å². The molecule has 1 unspecified atom stereocenters. The number of benzene rings is 1. The third-order valence-electron chi connectivity index (χ3n) is 4.42. The first-order chi connectivity index (χ1) is 12.2. The summed E-state index contributed by atoms with van der Waals surface area (Å²) >= 11 is 0. The van der Waals surface area contributed by atoms with Gasteiger partial charge in [-0.05, 0) is 36.4 Å². The predicted molar refractivity (Wildman–Crippen MR) is 92.6 cm³/mol. The molecule has 3 aromatic rings. The number of fused-ring (bicyclic) bond motifs is 1. The molecule has 1 aliphatic heterocycles. The van der Waals surface area contributed by atoms with Gasteiger partial charge in [0.05, 0.1) is 29.9 Å². The fourth-order valence-electron chi connectivity index (χ4n) is 3.14. The van der Waals surface area contributed by atoms with Crippen LogP contribution in [0.15, 0.2) is 59.3 Å². The molecule has 0 radical (unpaired) electrons. The first kappa shape index (κ1) is 15.4. The summed E-state index contributed by atoms with van der Waals surface area (Å²) in [5, 5.41) is 3.83. The number of pyridine rings is 1. The molecule has 1 aliphatic rings. The van der Waals surface area contributed by atoms with Gasteiger partial charge in [0.15, 0.2) is 0 Å². The summed E-state index contributed by atoms with van der Waals surface area (Å²) in [7, 11) is 0. The molecule has 0 spiro atoms. The third kappa shape index (κ3) is 3.10. The van der Waals surface area contributed by atoms with Crippen LogP contribution in [0.4, 0.5) is 5.69 Å². The summed E-state index contributed by atoms with van der Waals surface area (Å²) in [5.74, 6) is 0.173. The summed E-state index contributed by atoms with van der Waals surface area (Å²) in [6, 6.07) is 13.0. The highest BCUT2D eigenvalue weighted by Gasteiger charge is 2.34. The first-order valence-electron chi connectivity index (χ1n) is 8.15. The molecule has 0 saturated carbocycles. The second-order valence-corrected chi connectivity index (χ2v) is 6.12. The molecule has 6 nitrogen and oxygen atoms in total. The minimum absolute atomic E-state index is 0.0314. The number of carbonyl (C=O) groups excluding carboxylic acids is 2. The Labute approximate surface area is 144 Å². The van der Waals surface area contributed by atoms with Crippen molar-refractivity contribution in [3.63, 3.8) is 0 Å². The number of carbonyl (C=O) groups is 2. The molecule has 1 atom stereocenters. The van der Waals surface area contributed by atoms with E-state index < -0.39 is 0 Å². The van der Waals surface area contributed by atoms with Crippen LogP contribution in [-0.2, 0) is 16.1 Å². The lowest BCUT2D eigenvalue weighted by Gasteiger charge is -2.15. The van der Waals surface area contributed by atoms with E-state index in [2.05, 4.69) is 10.3 Å². The maximum Gasteiger partial charge on any atom is 0.229 e. The molecule has 6 heteroatoms. The van der Waals surface area contributed by atoms with Gasteiger partial charge in [0.25, 0.3) is 0 Å². The molecule has 1 N–H and O–H groups in total. The van der Waals surface area contributed by atoms with Crippen molar-refractivity contribution in [2.24, 2.45) is 5.92 Å². The summed E-state index contributed by atoms with van der Waals surface area (Å²) in [4.78, 5) is 30.7. The van der Waals surface area contributed by atoms with Crippen molar-refractivity contribution < 1.29 is 14.0 Å². The average Bonchev–Trinajstić information content (AvgIpc) is 3.26. The predicted octanol–water partition coefficient (Wildman–Crippen LogP) is 2.82. The van der Waals surface area contributed by atoms with Gasteiger partial charge in [-0.25, -0.2) is 0 Å². The summed E-state index contributed by atoms with van der Waals surface area (Å²) in [6.07, 6.45) is 3.51. The van der Waals surface area contributed by atoms with Crippen molar-refractivity contribution in [1.29, 1.82) is 0 Å². The zero-order chi connectivity index (χ0) is 17.2. The van der Waals surface area contributed by atoms with Gasteiger partial charge in [-0.3, -0.25) is 14.6 Å². The number of hydrogen-bond acceptors (Lipinski definition) is 4. The molecule has 1 aromatic carbocycles. The summed E-state index contributed by atoms with van der Waals surface area (Å²) in [5.41, 5.74) is 1.54. The second-order valence-electron chi connectivity index (χ2n) is 6.12. The van der Waals surface area contributed by atoms with Crippen molar-refractivity contribution in [2.45, 2.75) is 13.0 Å². The largest absolute Gasteiger partial charge is 0.467 e. The molecule has 25 heavy (non-hydrogen) atoms. The first-order valence-corrected chi connectivity index (χ1v) is 8.15. The van der Waals surface area contributed by atoms with Crippen LogP contribution in [-0.4, -0.2) is 28.2 Å². The normalized spacial score (nSPS) is 17.2. The lowest BCUT2D eigenvalue weighted by atomic mass is 10.1. The van der Waals surface area contributed by atoms with Gasteiger partial charge in [0.1, 0.15) is 5.76 Å². The smallest absolute Gasteiger partial charge is 0.229 e. The van der Waals surface area contributed by atoms with Crippen molar-refractivity contribution >= 4 is 28.4 Å². The quantitative estimate of drug-likeness (QED) is 0.795. The molecule has 1 fully saturated rings. The monoisotopic (exact) mass is 335 g/mol. The standard InChI is InChI=1S/C19H17N3O3/c23-18-10-13(11-22(18)12-14-4-3-9-25-14)19(24)21-17-7-1-6-16-15(17)5-2-8-20-16/h1-9,13H,10-12H2,(H,21,24). The number of rotatable bonds is 4. The zero-order valence-electron chi connectivity index (χ0n) is 13.5. The highest BCUT2D eigenvalue weighted by atomic mass is 16.3. The lowest BCUT2D eigenvalue weighted by molar-refractivity contribution is -0.128. The molecule has 2 aromatic heterocycles. The van der Waals surface area contributed by atoms with Gasteiger partial charge in [0.2, 0.25) is 11.8 Å². The second kappa shape index (κ2) is 6.39. The highest BCUT2D eigenvalue weighted by molar-refractivity contribution is 6.03. The van der Waals surface area contributed by atoms with Crippen LogP contribution in [0.2, 0.25) is 0 Å². The van der Waals surface area contributed by atoms with Crippen LogP contribution < -0.4 is 5.32 Å². The maximum atomic E-state index is 12.6. The molecule has 1 saturated heterocycles. The number of nitrogens with one attached hydrogen (secondary N) is 1. The molecule has 126 valence electrons. The fraction of sp³-hybridized carbons (Fsp3) is 0.211. The van der Waals surface area contributed by atoms with Crippen molar-refractivity contribution in [3.05, 3.63) is 60.7 Å². The Hall–Kier alpha value is -3.15. The number of hydrogen-bond donors (Lipinski definition) is 1. The van der Waals surface area contributed by atoms with Crippen LogP contribution >= 0.6 is 0 Å². The van der Waals surface area contributed by atoms with E-state index >= 15 is 0 Å². The van der Waals surface area contributed by atoms with E-state index in [4.69, 9.17) is 4.42 Å². The third-order valence-corrected chi connectivity index (χ3v) is 4.42. The molecule has 0 aliphatic carbocycles. The Kier molecular flexibility index (Phi) is 3.93. The van der Waals surface area contributed by atoms with Gasteiger partial charge >= 0.3 is 0 Å². The van der Waals surface area contributed by atoms with Gasteiger partial charge < -0.3 is 14.6 Å². The van der Waals surface area contributed by atoms with Gasteiger partial charge in [-0.2, -0.15) is 0 Å². The van der Waals surface area contributed by atoms with E-state index in [1.807, 2.05) is 36.4 Å². The van der Waals surface area contributed by atoms with E-state index in [-0.39, 0.29) is 24.2 Å². The average molecular weight is 335 g/mol. The van der Waals surface area contributed by atoms with Crippen LogP contribution in [0, 0.1) is 5.92 Å².